The van der Waals surface area contributed by atoms with Crippen LogP contribution in [0.3, 0.4) is 0 Å². The van der Waals surface area contributed by atoms with E-state index >= 15 is 0 Å². The van der Waals surface area contributed by atoms with Crippen molar-refractivity contribution in [3.63, 3.8) is 0 Å². The minimum atomic E-state index is -0.0934. The second kappa shape index (κ2) is 9.12. The maximum Gasteiger partial charge on any atom is 0.263 e. The minimum Gasteiger partial charge on any atom is -0.418 e. The molecule has 1 aromatic carbocycles. The normalized spacial score (nSPS) is 18.3. The van der Waals surface area contributed by atoms with E-state index in [4.69, 9.17) is 16.3 Å². The summed E-state index contributed by atoms with van der Waals surface area (Å²) in [5, 5.41) is 10.1. The van der Waals surface area contributed by atoms with Crippen LogP contribution in [0.25, 0.3) is 21.1 Å². The van der Waals surface area contributed by atoms with E-state index in [9.17, 15) is 9.59 Å². The van der Waals surface area contributed by atoms with E-state index in [1.54, 1.807) is 6.20 Å². The van der Waals surface area contributed by atoms with E-state index in [0.717, 1.165) is 15.8 Å². The van der Waals surface area contributed by atoms with E-state index in [1.807, 2.05) is 24.0 Å². The fourth-order valence-corrected chi connectivity index (χ4v) is 5.57. The van der Waals surface area contributed by atoms with Crippen LogP contribution in [0.2, 0.25) is 5.28 Å². The summed E-state index contributed by atoms with van der Waals surface area (Å²) in [6.45, 7) is 4.56. The fraction of sp³-hybridized carbons (Fsp3) is 0.304. The number of rotatable bonds is 4. The first-order valence-corrected chi connectivity index (χ1v) is 12.6. The Morgan fingerprint density at radius 1 is 1.19 bits per heavy atom. The first-order valence-electron chi connectivity index (χ1n) is 11.4. The van der Waals surface area contributed by atoms with Gasteiger partial charge in [0, 0.05) is 54.1 Å². The number of nitrogens with zero attached hydrogens (tertiary/aromatic N) is 5. The van der Waals surface area contributed by atoms with Crippen LogP contribution in [0.5, 0.6) is 11.8 Å². The summed E-state index contributed by atoms with van der Waals surface area (Å²) in [4.78, 5) is 44.6. The Balaban J connectivity index is 1.34. The van der Waals surface area contributed by atoms with Crippen LogP contribution < -0.4 is 20.7 Å². The van der Waals surface area contributed by atoms with Crippen molar-refractivity contribution in [3.8, 4) is 11.8 Å². The summed E-state index contributed by atoms with van der Waals surface area (Å²) < 4.78 is 6.96. The van der Waals surface area contributed by atoms with Gasteiger partial charge >= 0.3 is 0 Å². The number of aromatic nitrogens is 4. The number of amides is 2. The molecule has 1 saturated heterocycles. The standard InChI is InChI=1S/C23H21ClN8O3S/c1-11-6-26-19-17-14(36-20(19)21(34)29-11)3-2-13-18(17)27-8-16(30-13)35-22-12(7-28-23(24)31-22)9-32-5-4-25-15(33)10-32/h2-3,7-8,11,26H,4-6,9-10H2,1H3,(H,25,33)(H,29,34)/t11-/m1/s1. The van der Waals surface area contributed by atoms with E-state index in [-0.39, 0.29) is 41.4 Å². The van der Waals surface area contributed by atoms with Gasteiger partial charge in [0.25, 0.3) is 5.91 Å². The molecule has 1 atom stereocenters. The summed E-state index contributed by atoms with van der Waals surface area (Å²) >= 11 is 7.47. The molecule has 3 aromatic heterocycles. The largest absolute Gasteiger partial charge is 0.418 e. The monoisotopic (exact) mass is 524 g/mol. The second-order valence-electron chi connectivity index (χ2n) is 8.71. The third-order valence-electron chi connectivity index (χ3n) is 6.02. The molecule has 13 heteroatoms. The number of carbonyl (C=O) groups excluding carboxylic acids is 2. The molecule has 0 saturated carbocycles. The lowest BCUT2D eigenvalue weighted by Gasteiger charge is -2.26. The Bertz CT molecular complexity index is 1530. The zero-order valence-corrected chi connectivity index (χ0v) is 20.7. The van der Waals surface area contributed by atoms with E-state index in [0.29, 0.717) is 47.7 Å². The van der Waals surface area contributed by atoms with Gasteiger partial charge in [0.15, 0.2) is 0 Å². The predicted molar refractivity (Wildman–Crippen MR) is 136 cm³/mol. The van der Waals surface area contributed by atoms with Crippen LogP contribution in [-0.4, -0.2) is 68.9 Å². The number of anilines is 1. The van der Waals surface area contributed by atoms with Crippen molar-refractivity contribution in [2.24, 2.45) is 0 Å². The molecule has 5 heterocycles. The van der Waals surface area contributed by atoms with Gasteiger partial charge in [-0.25, -0.2) is 15.0 Å². The number of hydrogen-bond donors (Lipinski definition) is 3. The van der Waals surface area contributed by atoms with E-state index in [2.05, 4.69) is 35.9 Å². The van der Waals surface area contributed by atoms with Gasteiger partial charge in [-0.1, -0.05) is 0 Å². The van der Waals surface area contributed by atoms with E-state index in [1.165, 1.54) is 17.5 Å². The molecule has 3 N–H and O–H groups in total. The number of ether oxygens (including phenoxy) is 1. The van der Waals surface area contributed by atoms with Crippen molar-refractivity contribution >= 4 is 61.6 Å². The average molecular weight is 525 g/mol. The summed E-state index contributed by atoms with van der Waals surface area (Å²) in [5.41, 5.74) is 2.75. The highest BCUT2D eigenvalue weighted by atomic mass is 35.5. The number of piperazine rings is 1. The predicted octanol–water partition coefficient (Wildman–Crippen LogP) is 2.56. The van der Waals surface area contributed by atoms with Gasteiger partial charge in [-0.3, -0.25) is 14.5 Å². The molecule has 4 aromatic rings. The van der Waals surface area contributed by atoms with Crippen molar-refractivity contribution in [2.45, 2.75) is 19.5 Å². The van der Waals surface area contributed by atoms with Crippen LogP contribution >= 0.6 is 22.9 Å². The molecule has 0 unspecified atom stereocenters. The third-order valence-corrected chi connectivity index (χ3v) is 7.35. The highest BCUT2D eigenvalue weighted by Gasteiger charge is 2.25. The molecule has 2 aliphatic rings. The molecule has 36 heavy (non-hydrogen) atoms. The lowest BCUT2D eigenvalue weighted by Crippen LogP contribution is -2.47. The highest BCUT2D eigenvalue weighted by molar-refractivity contribution is 7.21. The van der Waals surface area contributed by atoms with Crippen molar-refractivity contribution in [3.05, 3.63) is 40.3 Å². The summed E-state index contributed by atoms with van der Waals surface area (Å²) in [7, 11) is 0. The van der Waals surface area contributed by atoms with Crippen LogP contribution in [0, 0.1) is 0 Å². The van der Waals surface area contributed by atoms with Crippen LogP contribution in [0.15, 0.2) is 24.5 Å². The summed E-state index contributed by atoms with van der Waals surface area (Å²) in [6, 6.07) is 3.80. The Hall–Kier alpha value is -3.61. The Kier molecular flexibility index (Phi) is 5.78. The number of halogens is 1. The topological polar surface area (TPSA) is 134 Å². The van der Waals surface area contributed by atoms with Gasteiger partial charge in [0.2, 0.25) is 23.0 Å². The average Bonchev–Trinajstić information content (AvgIpc) is 3.17. The second-order valence-corrected chi connectivity index (χ2v) is 10.1. The number of thiophene rings is 1. The van der Waals surface area contributed by atoms with Crippen molar-refractivity contribution < 1.29 is 14.3 Å². The fourth-order valence-electron chi connectivity index (χ4n) is 4.36. The van der Waals surface area contributed by atoms with Gasteiger partial charge in [-0.15, -0.1) is 11.3 Å². The molecule has 184 valence electrons. The number of benzene rings is 1. The first-order chi connectivity index (χ1) is 17.4. The Morgan fingerprint density at radius 2 is 2.08 bits per heavy atom. The lowest BCUT2D eigenvalue weighted by atomic mass is 10.1. The molecule has 2 aliphatic heterocycles. The van der Waals surface area contributed by atoms with Crippen molar-refractivity contribution in [1.82, 2.24) is 35.5 Å². The van der Waals surface area contributed by atoms with Gasteiger partial charge in [-0.2, -0.15) is 4.98 Å². The van der Waals surface area contributed by atoms with Gasteiger partial charge in [0.1, 0.15) is 4.88 Å². The summed E-state index contributed by atoms with van der Waals surface area (Å²) in [5.74, 6) is 0.379. The molecule has 11 nitrogen and oxygen atoms in total. The minimum absolute atomic E-state index is 0.0152. The molecule has 0 spiro atoms. The maximum absolute atomic E-state index is 12.7. The lowest BCUT2D eigenvalue weighted by molar-refractivity contribution is -0.124. The van der Waals surface area contributed by atoms with Crippen LogP contribution in [0.1, 0.15) is 22.2 Å². The first kappa shape index (κ1) is 22.8. The molecule has 6 rings (SSSR count). The Labute approximate surface area is 214 Å². The smallest absolute Gasteiger partial charge is 0.263 e. The summed E-state index contributed by atoms with van der Waals surface area (Å²) in [6.07, 6.45) is 3.12. The SMILES string of the molecule is C[C@@H]1CNc2c(sc3ccc4nc(Oc5nc(Cl)ncc5CN5CCNC(=O)C5)cnc4c23)C(=O)N1. The van der Waals surface area contributed by atoms with Crippen molar-refractivity contribution in [1.29, 1.82) is 0 Å². The van der Waals surface area contributed by atoms with Crippen molar-refractivity contribution in [2.75, 3.05) is 31.5 Å². The van der Waals surface area contributed by atoms with Crippen LogP contribution in [-0.2, 0) is 11.3 Å². The number of fused-ring (bicyclic) bond motifs is 5. The molecule has 2 amide bonds. The molecule has 0 bridgehead atoms. The number of nitrogens with one attached hydrogen (secondary N) is 3. The Morgan fingerprint density at radius 3 is 2.94 bits per heavy atom. The van der Waals surface area contributed by atoms with Crippen LogP contribution in [0.4, 0.5) is 5.69 Å². The molecular weight excluding hydrogens is 504 g/mol. The van der Waals surface area contributed by atoms with Gasteiger partial charge in [0.05, 0.1) is 29.5 Å². The molecular formula is C23H21ClN8O3S. The quantitative estimate of drug-likeness (QED) is 0.344. The number of carbonyl (C=O) groups is 2. The van der Waals surface area contributed by atoms with Gasteiger partial charge < -0.3 is 20.7 Å². The third kappa shape index (κ3) is 4.27. The zero-order valence-electron chi connectivity index (χ0n) is 19.2. The zero-order chi connectivity index (χ0) is 24.8. The van der Waals surface area contributed by atoms with Gasteiger partial charge in [-0.05, 0) is 30.7 Å². The molecule has 0 aliphatic carbocycles. The van der Waals surface area contributed by atoms with E-state index < -0.39 is 0 Å². The maximum atomic E-state index is 12.7. The number of hydrogen-bond acceptors (Lipinski definition) is 10. The molecule has 1 fully saturated rings. The highest BCUT2D eigenvalue weighted by Crippen LogP contribution is 2.40. The molecule has 0 radical (unpaired) electrons.